The molecule has 0 amide bonds. The van der Waals surface area contributed by atoms with Gasteiger partial charge in [0.05, 0.1) is 12.1 Å². The Morgan fingerprint density at radius 1 is 1.30 bits per heavy atom. The number of benzene rings is 1. The van der Waals surface area contributed by atoms with E-state index in [0.717, 1.165) is 19.6 Å². The molecule has 4 heteroatoms. The molecule has 1 heterocycles. The summed E-state index contributed by atoms with van der Waals surface area (Å²) in [5, 5.41) is 0. The van der Waals surface area contributed by atoms with E-state index in [1.165, 1.54) is 5.56 Å². The van der Waals surface area contributed by atoms with Crippen molar-refractivity contribution in [3.05, 3.63) is 35.9 Å². The van der Waals surface area contributed by atoms with Gasteiger partial charge >= 0.3 is 0 Å². The molecule has 0 aromatic heterocycles. The first kappa shape index (κ1) is 14.9. The summed E-state index contributed by atoms with van der Waals surface area (Å²) in [5.41, 5.74) is 7.37. The first-order valence-corrected chi connectivity index (χ1v) is 7.26. The van der Waals surface area contributed by atoms with Crippen LogP contribution >= 0.6 is 0 Å². The van der Waals surface area contributed by atoms with E-state index < -0.39 is 0 Å². The maximum absolute atomic E-state index is 6.17. The summed E-state index contributed by atoms with van der Waals surface area (Å²) in [6, 6.07) is 10.6. The van der Waals surface area contributed by atoms with Crippen molar-refractivity contribution in [3.63, 3.8) is 0 Å². The molecular weight excluding hydrogens is 248 g/mol. The fourth-order valence-electron chi connectivity index (χ4n) is 2.99. The normalized spacial score (nSPS) is 22.7. The smallest absolute Gasteiger partial charge is 0.192 e. The Bertz CT molecular complexity index is 467. The fraction of sp³-hybridized carbons (Fsp3) is 0.562. The third-order valence-corrected chi connectivity index (χ3v) is 4.24. The highest BCUT2D eigenvalue weighted by atomic mass is 15.4. The monoisotopic (exact) mass is 274 g/mol. The highest BCUT2D eigenvalue weighted by Gasteiger charge is 2.45. The molecule has 0 saturated carbocycles. The van der Waals surface area contributed by atoms with Crippen LogP contribution in [0.5, 0.6) is 0 Å². The molecule has 1 aliphatic rings. The molecule has 0 fully saturated rings. The Labute approximate surface area is 122 Å². The Morgan fingerprint density at radius 3 is 2.50 bits per heavy atom. The molecular formula is C16H26N4. The van der Waals surface area contributed by atoms with E-state index >= 15 is 0 Å². The summed E-state index contributed by atoms with van der Waals surface area (Å²) in [7, 11) is 4.17. The van der Waals surface area contributed by atoms with E-state index in [2.05, 4.69) is 73.1 Å². The van der Waals surface area contributed by atoms with Crippen molar-refractivity contribution in [2.24, 2.45) is 16.6 Å². The second-order valence-electron chi connectivity index (χ2n) is 6.07. The van der Waals surface area contributed by atoms with E-state index in [1.54, 1.807) is 0 Å². The zero-order valence-corrected chi connectivity index (χ0v) is 13.0. The highest BCUT2D eigenvalue weighted by Crippen LogP contribution is 2.39. The van der Waals surface area contributed by atoms with E-state index in [-0.39, 0.29) is 5.54 Å². The minimum atomic E-state index is -0.110. The summed E-state index contributed by atoms with van der Waals surface area (Å²) in [5.74, 6) is 1.11. The quantitative estimate of drug-likeness (QED) is 0.889. The van der Waals surface area contributed by atoms with Gasteiger partial charge in [0.1, 0.15) is 0 Å². The molecule has 1 aliphatic heterocycles. The van der Waals surface area contributed by atoms with Gasteiger partial charge in [-0.25, -0.2) is 0 Å². The van der Waals surface area contributed by atoms with Gasteiger partial charge in [-0.2, -0.15) is 0 Å². The van der Waals surface area contributed by atoms with Crippen molar-refractivity contribution < 1.29 is 0 Å². The Balaban J connectivity index is 2.36. The zero-order valence-electron chi connectivity index (χ0n) is 13.0. The predicted molar refractivity (Wildman–Crippen MR) is 84.7 cm³/mol. The van der Waals surface area contributed by atoms with Gasteiger partial charge in [-0.05, 0) is 25.6 Å². The van der Waals surface area contributed by atoms with Crippen molar-refractivity contribution in [1.82, 2.24) is 9.80 Å². The van der Waals surface area contributed by atoms with Gasteiger partial charge in [-0.1, -0.05) is 44.2 Å². The number of guanidine groups is 1. The van der Waals surface area contributed by atoms with Crippen LogP contribution in [0.25, 0.3) is 0 Å². The lowest BCUT2D eigenvalue weighted by Crippen LogP contribution is -2.54. The molecule has 0 aliphatic carbocycles. The van der Waals surface area contributed by atoms with Crippen molar-refractivity contribution in [3.8, 4) is 0 Å². The summed E-state index contributed by atoms with van der Waals surface area (Å²) in [6.45, 7) is 7.12. The van der Waals surface area contributed by atoms with Crippen molar-refractivity contribution in [2.75, 3.05) is 33.7 Å². The van der Waals surface area contributed by atoms with E-state index in [1.807, 2.05) is 0 Å². The molecule has 0 saturated heterocycles. The lowest BCUT2D eigenvalue weighted by molar-refractivity contribution is 0.128. The van der Waals surface area contributed by atoms with Crippen LogP contribution in [0.2, 0.25) is 0 Å². The van der Waals surface area contributed by atoms with Crippen molar-refractivity contribution in [1.29, 1.82) is 0 Å². The minimum absolute atomic E-state index is 0.110. The van der Waals surface area contributed by atoms with Crippen LogP contribution in [0.1, 0.15) is 19.4 Å². The van der Waals surface area contributed by atoms with Crippen LogP contribution in [0.15, 0.2) is 35.3 Å². The number of hydrogen-bond donors (Lipinski definition) is 1. The molecule has 0 radical (unpaired) electrons. The van der Waals surface area contributed by atoms with E-state index in [4.69, 9.17) is 5.73 Å². The zero-order chi connectivity index (χ0) is 14.8. The topological polar surface area (TPSA) is 44.9 Å². The van der Waals surface area contributed by atoms with Crippen LogP contribution in [0, 0.1) is 5.92 Å². The number of nitrogens with zero attached hydrogens (tertiary/aromatic N) is 3. The largest absolute Gasteiger partial charge is 0.370 e. The average molecular weight is 274 g/mol. The maximum Gasteiger partial charge on any atom is 0.192 e. The second-order valence-corrected chi connectivity index (χ2v) is 6.07. The minimum Gasteiger partial charge on any atom is -0.370 e. The average Bonchev–Trinajstić information content (AvgIpc) is 2.75. The van der Waals surface area contributed by atoms with Crippen LogP contribution < -0.4 is 5.73 Å². The first-order chi connectivity index (χ1) is 9.48. The third-order valence-electron chi connectivity index (χ3n) is 4.24. The fourth-order valence-corrected chi connectivity index (χ4v) is 2.99. The van der Waals surface area contributed by atoms with Gasteiger partial charge < -0.3 is 15.5 Å². The van der Waals surface area contributed by atoms with Gasteiger partial charge in [0.15, 0.2) is 5.96 Å². The first-order valence-electron chi connectivity index (χ1n) is 7.26. The van der Waals surface area contributed by atoms with Crippen LogP contribution in [-0.2, 0) is 5.54 Å². The van der Waals surface area contributed by atoms with Gasteiger partial charge in [-0.15, -0.1) is 0 Å². The summed E-state index contributed by atoms with van der Waals surface area (Å²) >= 11 is 0. The van der Waals surface area contributed by atoms with Gasteiger partial charge in [0.25, 0.3) is 0 Å². The standard InChI is InChI=1S/C16H26N4/c1-13(2)16(14-8-6-5-7-9-14)12-18-15(17)20(16)11-10-19(3)4/h5-9,13H,10-12H2,1-4H3,(H2,17,18). The lowest BCUT2D eigenvalue weighted by Gasteiger charge is -2.43. The van der Waals surface area contributed by atoms with E-state index in [9.17, 15) is 0 Å². The highest BCUT2D eigenvalue weighted by molar-refractivity contribution is 5.81. The Kier molecular flexibility index (Phi) is 4.33. The Morgan fingerprint density at radius 2 is 1.95 bits per heavy atom. The molecule has 2 N–H and O–H groups in total. The Hall–Kier alpha value is -1.55. The molecule has 1 atom stereocenters. The van der Waals surface area contributed by atoms with Gasteiger partial charge in [0, 0.05) is 13.1 Å². The number of hydrogen-bond acceptors (Lipinski definition) is 4. The SMILES string of the molecule is CC(C)C1(c2ccccc2)CN=C(N)N1CCN(C)C. The molecule has 2 rings (SSSR count). The second kappa shape index (κ2) is 5.83. The van der Waals surface area contributed by atoms with Crippen LogP contribution in [0.3, 0.4) is 0 Å². The molecule has 1 aromatic rings. The third kappa shape index (κ3) is 2.52. The predicted octanol–water partition coefficient (Wildman–Crippen LogP) is 1.73. The van der Waals surface area contributed by atoms with Gasteiger partial charge in [0.2, 0.25) is 0 Å². The molecule has 20 heavy (non-hydrogen) atoms. The molecule has 1 unspecified atom stereocenters. The number of nitrogens with two attached hydrogens (primary N) is 1. The molecule has 4 nitrogen and oxygen atoms in total. The van der Waals surface area contributed by atoms with Crippen LogP contribution in [0.4, 0.5) is 0 Å². The lowest BCUT2D eigenvalue weighted by atomic mass is 9.79. The number of likely N-dealkylation sites (N-methyl/N-ethyl adjacent to an activating group) is 1. The van der Waals surface area contributed by atoms with Crippen molar-refractivity contribution >= 4 is 5.96 Å². The summed E-state index contributed by atoms with van der Waals surface area (Å²) in [4.78, 5) is 9.02. The van der Waals surface area contributed by atoms with Gasteiger partial charge in [-0.3, -0.25) is 4.99 Å². The summed E-state index contributed by atoms with van der Waals surface area (Å²) in [6.07, 6.45) is 0. The molecule has 110 valence electrons. The summed E-state index contributed by atoms with van der Waals surface area (Å²) < 4.78 is 0. The number of aliphatic imine (C=N–C) groups is 1. The maximum atomic E-state index is 6.17. The van der Waals surface area contributed by atoms with E-state index in [0.29, 0.717) is 11.9 Å². The molecule has 1 aromatic carbocycles. The van der Waals surface area contributed by atoms with Crippen molar-refractivity contribution in [2.45, 2.75) is 19.4 Å². The van der Waals surface area contributed by atoms with Crippen LogP contribution in [-0.4, -0.2) is 49.5 Å². The number of rotatable bonds is 5. The molecule has 0 bridgehead atoms. The molecule has 0 spiro atoms.